The van der Waals surface area contributed by atoms with Crippen LogP contribution < -0.4 is 9.57 Å². The van der Waals surface area contributed by atoms with E-state index in [2.05, 4.69) is 9.72 Å². The minimum Gasteiger partial charge on any atom is -0.397 e. The summed E-state index contributed by atoms with van der Waals surface area (Å²) >= 11 is 6.02. The summed E-state index contributed by atoms with van der Waals surface area (Å²) in [7, 11) is 0. The van der Waals surface area contributed by atoms with E-state index in [9.17, 15) is 9.59 Å². The molecule has 0 fully saturated rings. The van der Waals surface area contributed by atoms with Crippen molar-refractivity contribution in [1.82, 2.24) is 9.71 Å². The van der Waals surface area contributed by atoms with Gasteiger partial charge in [0.2, 0.25) is 5.88 Å². The van der Waals surface area contributed by atoms with Gasteiger partial charge in [-0.15, -0.1) is 0 Å². The van der Waals surface area contributed by atoms with Gasteiger partial charge in [-0.1, -0.05) is 23.7 Å². The van der Waals surface area contributed by atoms with Crippen molar-refractivity contribution in [3.63, 3.8) is 0 Å². The fourth-order valence-corrected chi connectivity index (χ4v) is 1.77. The first kappa shape index (κ1) is 10.8. The number of aromatic nitrogens is 2. The van der Waals surface area contributed by atoms with Crippen molar-refractivity contribution in [2.75, 3.05) is 0 Å². The third-order valence-corrected chi connectivity index (χ3v) is 2.64. The highest BCUT2D eigenvalue weighted by molar-refractivity contribution is 6.33. The summed E-state index contributed by atoms with van der Waals surface area (Å²) in [6.07, 6.45) is 1.29. The lowest BCUT2D eigenvalue weighted by atomic mass is 10.2. The van der Waals surface area contributed by atoms with Crippen LogP contribution in [-0.2, 0) is 9.59 Å². The molecule has 3 rings (SSSR count). The van der Waals surface area contributed by atoms with E-state index in [0.29, 0.717) is 10.6 Å². The molecular formula is C11H5ClN2O4. The minimum absolute atomic E-state index is 0.0132. The Morgan fingerprint density at radius 2 is 1.94 bits per heavy atom. The number of halogens is 1. The second kappa shape index (κ2) is 3.85. The smallest absolute Gasteiger partial charge is 0.397 e. The van der Waals surface area contributed by atoms with Crippen molar-refractivity contribution in [2.45, 2.75) is 0 Å². The van der Waals surface area contributed by atoms with Gasteiger partial charge >= 0.3 is 11.9 Å². The van der Waals surface area contributed by atoms with Crippen LogP contribution in [0.5, 0.6) is 5.88 Å². The van der Waals surface area contributed by atoms with Gasteiger partial charge in [0.05, 0.1) is 5.02 Å². The van der Waals surface area contributed by atoms with Gasteiger partial charge in [-0.3, -0.25) is 0 Å². The molecule has 0 aliphatic carbocycles. The first-order valence-corrected chi connectivity index (χ1v) is 5.32. The van der Waals surface area contributed by atoms with Crippen LogP contribution in [0.4, 0.5) is 0 Å². The third kappa shape index (κ3) is 1.63. The molecule has 0 atom stereocenters. The quantitative estimate of drug-likeness (QED) is 0.569. The summed E-state index contributed by atoms with van der Waals surface area (Å²) in [6, 6.07) is 6.91. The molecule has 90 valence electrons. The van der Waals surface area contributed by atoms with Gasteiger partial charge in [-0.25, -0.2) is 9.59 Å². The number of ether oxygens (including phenoxy) is 1. The lowest BCUT2D eigenvalue weighted by Gasteiger charge is -2.07. The lowest BCUT2D eigenvalue weighted by Crippen LogP contribution is -2.30. The highest BCUT2D eigenvalue weighted by atomic mass is 35.5. The topological polar surface area (TPSA) is 70.4 Å². The van der Waals surface area contributed by atoms with E-state index in [4.69, 9.17) is 16.4 Å². The highest BCUT2D eigenvalue weighted by Gasteiger charge is 2.28. The predicted octanol–water partition coefficient (Wildman–Crippen LogP) is 1.08. The van der Waals surface area contributed by atoms with Crippen molar-refractivity contribution in [3.05, 3.63) is 35.5 Å². The van der Waals surface area contributed by atoms with Gasteiger partial charge in [0, 0.05) is 5.56 Å². The Hall–Kier alpha value is -2.34. The molecule has 1 aliphatic heterocycles. The van der Waals surface area contributed by atoms with Crippen molar-refractivity contribution in [3.8, 4) is 17.3 Å². The number of hydrogen-bond acceptors (Lipinski definition) is 5. The molecular weight excluding hydrogens is 260 g/mol. The molecule has 0 spiro atoms. The number of carbonyl (C=O) groups is 2. The van der Waals surface area contributed by atoms with E-state index >= 15 is 0 Å². The number of rotatable bonds is 1. The zero-order valence-corrected chi connectivity index (χ0v) is 9.55. The molecule has 0 amide bonds. The summed E-state index contributed by atoms with van der Waals surface area (Å²) in [4.78, 5) is 31.1. The average Bonchev–Trinajstić information content (AvgIpc) is 2.65. The molecule has 6 nitrogen and oxygen atoms in total. The zero-order chi connectivity index (χ0) is 12.7. The average molecular weight is 265 g/mol. The van der Waals surface area contributed by atoms with Crippen LogP contribution in [0.2, 0.25) is 5.02 Å². The monoisotopic (exact) mass is 264 g/mol. The van der Waals surface area contributed by atoms with Gasteiger partial charge in [0.25, 0.3) is 0 Å². The molecule has 0 N–H and O–H groups in total. The highest BCUT2D eigenvalue weighted by Crippen LogP contribution is 2.28. The van der Waals surface area contributed by atoms with Crippen LogP contribution >= 0.6 is 11.6 Å². The van der Waals surface area contributed by atoms with E-state index in [1.807, 2.05) is 0 Å². The summed E-state index contributed by atoms with van der Waals surface area (Å²) in [5.41, 5.74) is 0.566. The molecule has 0 unspecified atom stereocenters. The molecule has 1 aromatic heterocycles. The molecule has 0 saturated carbocycles. The van der Waals surface area contributed by atoms with Gasteiger partial charge in [-0.05, 0) is 12.1 Å². The fourth-order valence-electron chi connectivity index (χ4n) is 1.55. The number of imidazole rings is 1. The number of hydrogen-bond donors (Lipinski definition) is 0. The molecule has 2 aromatic rings. The third-order valence-electron chi connectivity index (χ3n) is 2.31. The molecule has 2 bridgehead atoms. The van der Waals surface area contributed by atoms with E-state index < -0.39 is 11.9 Å². The first-order chi connectivity index (χ1) is 8.65. The van der Waals surface area contributed by atoms with Crippen molar-refractivity contribution < 1.29 is 19.2 Å². The normalized spacial score (nSPS) is 13.8. The second-order valence-electron chi connectivity index (χ2n) is 3.48. The van der Waals surface area contributed by atoms with Crippen LogP contribution in [0.3, 0.4) is 0 Å². The maximum Gasteiger partial charge on any atom is 0.442 e. The Morgan fingerprint density at radius 3 is 2.72 bits per heavy atom. The summed E-state index contributed by atoms with van der Waals surface area (Å²) < 4.78 is 5.74. The zero-order valence-electron chi connectivity index (χ0n) is 8.79. The Bertz CT molecular complexity index is 665. The van der Waals surface area contributed by atoms with E-state index in [0.717, 1.165) is 4.73 Å². The summed E-state index contributed by atoms with van der Waals surface area (Å²) in [6.45, 7) is 0. The van der Waals surface area contributed by atoms with Gasteiger partial charge in [0.1, 0.15) is 6.20 Å². The molecule has 0 saturated heterocycles. The second-order valence-corrected chi connectivity index (χ2v) is 3.88. The Morgan fingerprint density at radius 1 is 1.17 bits per heavy atom. The van der Waals surface area contributed by atoms with E-state index in [1.54, 1.807) is 24.3 Å². The molecule has 18 heavy (non-hydrogen) atoms. The summed E-state index contributed by atoms with van der Waals surface area (Å²) in [5.74, 6) is -1.94. The Labute approximate surface area is 106 Å². The minimum atomic E-state index is -1.11. The Kier molecular flexibility index (Phi) is 2.31. The SMILES string of the molecule is O=C1Oc2cn(c(-c3ccccc3Cl)n2)OC1=O. The number of nitrogens with zero attached hydrogens (tertiary/aromatic N) is 2. The first-order valence-electron chi connectivity index (χ1n) is 4.94. The number of esters is 1. The molecule has 1 aliphatic rings. The predicted molar refractivity (Wildman–Crippen MR) is 59.9 cm³/mol. The van der Waals surface area contributed by atoms with Crippen molar-refractivity contribution in [2.24, 2.45) is 0 Å². The molecule has 1 aromatic carbocycles. The Balaban J connectivity index is 2.14. The maximum atomic E-state index is 11.2. The van der Waals surface area contributed by atoms with E-state index in [1.165, 1.54) is 6.20 Å². The van der Waals surface area contributed by atoms with Crippen LogP contribution in [0, 0.1) is 0 Å². The van der Waals surface area contributed by atoms with Crippen LogP contribution in [0.1, 0.15) is 0 Å². The van der Waals surface area contributed by atoms with Crippen molar-refractivity contribution >= 4 is 23.5 Å². The fraction of sp³-hybridized carbons (Fsp3) is 0. The number of fused-ring (bicyclic) bond motifs is 2. The molecule has 0 radical (unpaired) electrons. The van der Waals surface area contributed by atoms with E-state index in [-0.39, 0.29) is 11.7 Å². The molecule has 7 heteroatoms. The van der Waals surface area contributed by atoms with Gasteiger partial charge < -0.3 is 9.57 Å². The number of carbonyl (C=O) groups excluding carboxylic acids is 2. The maximum absolute atomic E-state index is 11.2. The van der Waals surface area contributed by atoms with Crippen LogP contribution in [-0.4, -0.2) is 21.7 Å². The van der Waals surface area contributed by atoms with Crippen molar-refractivity contribution in [1.29, 1.82) is 0 Å². The van der Waals surface area contributed by atoms with Crippen LogP contribution in [0.15, 0.2) is 30.5 Å². The summed E-state index contributed by atoms with van der Waals surface area (Å²) in [5, 5.41) is 0.443. The van der Waals surface area contributed by atoms with Crippen LogP contribution in [0.25, 0.3) is 11.4 Å². The van der Waals surface area contributed by atoms with Gasteiger partial charge in [-0.2, -0.15) is 9.71 Å². The van der Waals surface area contributed by atoms with Gasteiger partial charge in [0.15, 0.2) is 5.82 Å². The number of benzene rings is 1. The largest absolute Gasteiger partial charge is 0.442 e. The lowest BCUT2D eigenvalue weighted by molar-refractivity contribution is -0.161. The molecule has 2 heterocycles. The standard InChI is InChI=1S/C11H5ClN2O4/c12-7-4-2-1-3-6(7)9-13-8-5-14(9)18-11(16)10(15)17-8/h1-5H.